The highest BCUT2D eigenvalue weighted by atomic mass is 32.2. The molecule has 1 amide bonds. The number of aromatic hydroxyl groups is 1. The van der Waals surface area contributed by atoms with E-state index in [1.807, 2.05) is 0 Å². The highest BCUT2D eigenvalue weighted by Gasteiger charge is 2.29. The number of amides is 1. The average molecular weight is 498 g/mol. The Morgan fingerprint density at radius 3 is 2.24 bits per heavy atom. The largest absolute Gasteiger partial charge is 0.508 e. The van der Waals surface area contributed by atoms with Gasteiger partial charge < -0.3 is 15.2 Å². The Hall–Kier alpha value is -3.18. The second kappa shape index (κ2) is 9.75. The first-order chi connectivity index (χ1) is 15.4. The zero-order valence-electron chi connectivity index (χ0n) is 17.1. The maximum Gasteiger partial charge on any atom is 0.446 e. The molecule has 0 aliphatic heterocycles. The van der Waals surface area contributed by atoms with E-state index in [2.05, 4.69) is 5.32 Å². The van der Waals surface area contributed by atoms with E-state index < -0.39 is 21.3 Å². The second-order valence-corrected chi connectivity index (χ2v) is 10.1. The summed E-state index contributed by atoms with van der Waals surface area (Å²) in [6.07, 6.45) is 0.990. The van der Waals surface area contributed by atoms with Gasteiger partial charge in [0.25, 0.3) is 5.91 Å². The quantitative estimate of drug-likeness (QED) is 0.434. The summed E-state index contributed by atoms with van der Waals surface area (Å²) < 4.78 is 66.0. The molecular weight excluding hydrogens is 479 g/mol. The molecule has 0 aliphatic carbocycles. The van der Waals surface area contributed by atoms with E-state index in [4.69, 9.17) is 4.74 Å². The van der Waals surface area contributed by atoms with Gasteiger partial charge in [0.05, 0.1) is 4.90 Å². The number of phenolic OH excluding ortho intramolecular Hbond substituents is 1. The first kappa shape index (κ1) is 24.5. The number of nitrogens with one attached hydrogen (secondary N) is 1. The number of carbonyl (C=O) groups is 1. The predicted octanol–water partition coefficient (Wildman–Crippen LogP) is 5.24. The van der Waals surface area contributed by atoms with Crippen LogP contribution < -0.4 is 10.1 Å². The minimum Gasteiger partial charge on any atom is -0.508 e. The normalized spacial score (nSPS) is 11.8. The Labute approximate surface area is 192 Å². The van der Waals surface area contributed by atoms with E-state index in [9.17, 15) is 31.5 Å². The Kier molecular flexibility index (Phi) is 7.23. The van der Waals surface area contributed by atoms with E-state index in [1.54, 1.807) is 12.1 Å². The van der Waals surface area contributed by atoms with E-state index in [0.29, 0.717) is 5.75 Å². The first-order valence-corrected chi connectivity index (χ1v) is 12.0. The number of halogens is 3. The van der Waals surface area contributed by atoms with Crippen LogP contribution in [0.4, 0.5) is 18.9 Å². The van der Waals surface area contributed by atoms with Crippen LogP contribution in [0.5, 0.6) is 11.5 Å². The zero-order chi connectivity index (χ0) is 24.2. The summed E-state index contributed by atoms with van der Waals surface area (Å²) in [6, 6.07) is 15.4. The van der Waals surface area contributed by atoms with Crippen molar-refractivity contribution in [2.45, 2.75) is 21.9 Å². The van der Waals surface area contributed by atoms with Gasteiger partial charge in [-0.25, -0.2) is 8.42 Å². The molecule has 6 nitrogen and oxygen atoms in total. The Morgan fingerprint density at radius 1 is 1.03 bits per heavy atom. The maximum absolute atomic E-state index is 12.5. The summed E-state index contributed by atoms with van der Waals surface area (Å²) in [4.78, 5) is 12.4. The fourth-order valence-electron chi connectivity index (χ4n) is 2.73. The lowest BCUT2D eigenvalue weighted by Gasteiger charge is -2.10. The van der Waals surface area contributed by atoms with Crippen molar-refractivity contribution in [3.05, 3.63) is 77.9 Å². The molecule has 2 N–H and O–H groups in total. The van der Waals surface area contributed by atoms with Crippen molar-refractivity contribution in [2.24, 2.45) is 0 Å². The van der Waals surface area contributed by atoms with Crippen LogP contribution in [-0.2, 0) is 16.4 Å². The summed E-state index contributed by atoms with van der Waals surface area (Å²) in [7, 11) is -3.57. The molecule has 0 bridgehead atoms. The lowest BCUT2D eigenvalue weighted by molar-refractivity contribution is -0.0328. The maximum atomic E-state index is 12.5. The summed E-state index contributed by atoms with van der Waals surface area (Å²) in [5, 5.41) is 12.2. The lowest BCUT2D eigenvalue weighted by Crippen LogP contribution is -2.12. The number of alkyl halides is 3. The third-order valence-corrected chi connectivity index (χ3v) is 6.09. The zero-order valence-corrected chi connectivity index (χ0v) is 18.7. The molecule has 0 unspecified atom stereocenters. The number of phenols is 1. The molecule has 0 saturated carbocycles. The first-order valence-electron chi connectivity index (χ1n) is 9.32. The molecule has 0 atom stereocenters. The van der Waals surface area contributed by atoms with Crippen LogP contribution in [-0.4, -0.2) is 31.2 Å². The number of hydrogen-bond donors (Lipinski definition) is 2. The molecule has 3 rings (SSSR count). The summed E-state index contributed by atoms with van der Waals surface area (Å²) in [6.45, 7) is 0.137. The van der Waals surface area contributed by atoms with Crippen LogP contribution in [0.2, 0.25) is 0 Å². The summed E-state index contributed by atoms with van der Waals surface area (Å²) in [5.74, 6) is -0.412. The standard InChI is InChI=1S/C22H18F3NO5S2/c1-33(29,30)20-11-16(10-17(27)12-20)26-21(28)15-4-2-14(3-5-15)13-31-18-6-8-19(9-7-18)32-22(23,24)25/h2-12,27H,13H2,1H3,(H,26,28). The fraction of sp³-hybridized carbons (Fsp3) is 0.136. The monoisotopic (exact) mass is 497 g/mol. The number of carbonyl (C=O) groups excluding carboxylic acids is 1. The van der Waals surface area contributed by atoms with E-state index >= 15 is 0 Å². The molecule has 3 aromatic rings. The third kappa shape index (κ3) is 7.43. The summed E-state index contributed by atoms with van der Waals surface area (Å²) in [5.41, 5.74) is -3.22. The Balaban J connectivity index is 1.60. The topological polar surface area (TPSA) is 92.7 Å². The van der Waals surface area contributed by atoms with Crippen molar-refractivity contribution in [3.63, 3.8) is 0 Å². The molecular formula is C22H18F3NO5S2. The van der Waals surface area contributed by atoms with Gasteiger partial charge in [-0.15, -0.1) is 0 Å². The highest BCUT2D eigenvalue weighted by Crippen LogP contribution is 2.37. The van der Waals surface area contributed by atoms with Gasteiger partial charge >= 0.3 is 5.51 Å². The molecule has 33 heavy (non-hydrogen) atoms. The van der Waals surface area contributed by atoms with Crippen LogP contribution in [0.3, 0.4) is 0 Å². The minimum absolute atomic E-state index is 0.0561. The van der Waals surface area contributed by atoms with Crippen molar-refractivity contribution < 1.29 is 36.2 Å². The number of rotatable bonds is 7. The van der Waals surface area contributed by atoms with Gasteiger partial charge in [-0.1, -0.05) is 12.1 Å². The van der Waals surface area contributed by atoms with Gasteiger partial charge in [-0.3, -0.25) is 4.79 Å². The smallest absolute Gasteiger partial charge is 0.446 e. The van der Waals surface area contributed by atoms with Crippen LogP contribution in [0.15, 0.2) is 76.5 Å². The number of benzene rings is 3. The molecule has 0 fully saturated rings. The van der Waals surface area contributed by atoms with Gasteiger partial charge in [-0.05, 0) is 65.9 Å². The third-order valence-electron chi connectivity index (χ3n) is 4.26. The van der Waals surface area contributed by atoms with Gasteiger partial charge in [-0.2, -0.15) is 13.2 Å². The highest BCUT2D eigenvalue weighted by molar-refractivity contribution is 8.00. The SMILES string of the molecule is CS(=O)(=O)c1cc(O)cc(NC(=O)c2ccc(COc3ccc(SC(F)(F)F)cc3)cc2)c1. The summed E-state index contributed by atoms with van der Waals surface area (Å²) >= 11 is -0.206. The van der Waals surface area contributed by atoms with Crippen molar-refractivity contribution >= 4 is 33.2 Å². The molecule has 0 aliphatic rings. The molecule has 0 radical (unpaired) electrons. The minimum atomic E-state index is -4.35. The molecule has 0 aromatic heterocycles. The average Bonchev–Trinajstić information content (AvgIpc) is 2.71. The number of thioether (sulfide) groups is 1. The predicted molar refractivity (Wildman–Crippen MR) is 118 cm³/mol. The number of hydrogen-bond acceptors (Lipinski definition) is 6. The number of anilines is 1. The van der Waals surface area contributed by atoms with Gasteiger partial charge in [0.2, 0.25) is 0 Å². The van der Waals surface area contributed by atoms with Crippen molar-refractivity contribution in [3.8, 4) is 11.5 Å². The second-order valence-electron chi connectivity index (χ2n) is 6.95. The molecule has 0 heterocycles. The Bertz CT molecular complexity index is 1240. The van der Waals surface area contributed by atoms with Crippen molar-refractivity contribution in [1.82, 2.24) is 0 Å². The number of sulfone groups is 1. The molecule has 0 saturated heterocycles. The van der Waals surface area contributed by atoms with Crippen LogP contribution in [0, 0.1) is 0 Å². The van der Waals surface area contributed by atoms with Crippen molar-refractivity contribution in [1.29, 1.82) is 0 Å². The van der Waals surface area contributed by atoms with Gasteiger partial charge in [0, 0.05) is 28.5 Å². The van der Waals surface area contributed by atoms with Gasteiger partial charge in [0.15, 0.2) is 9.84 Å². The molecule has 3 aromatic carbocycles. The molecule has 0 spiro atoms. The Morgan fingerprint density at radius 2 is 1.67 bits per heavy atom. The molecule has 174 valence electrons. The lowest BCUT2D eigenvalue weighted by atomic mass is 10.1. The van der Waals surface area contributed by atoms with E-state index in [0.717, 1.165) is 17.9 Å². The number of ether oxygens (including phenoxy) is 1. The van der Waals surface area contributed by atoms with Gasteiger partial charge in [0.1, 0.15) is 18.1 Å². The van der Waals surface area contributed by atoms with E-state index in [-0.39, 0.29) is 45.2 Å². The van der Waals surface area contributed by atoms with Crippen LogP contribution >= 0.6 is 11.8 Å². The fourth-order valence-corrected chi connectivity index (χ4v) is 3.94. The van der Waals surface area contributed by atoms with Crippen LogP contribution in [0.1, 0.15) is 15.9 Å². The van der Waals surface area contributed by atoms with Crippen molar-refractivity contribution in [2.75, 3.05) is 11.6 Å². The molecule has 11 heteroatoms. The van der Waals surface area contributed by atoms with E-state index in [1.165, 1.54) is 48.5 Å². The van der Waals surface area contributed by atoms with Crippen LogP contribution in [0.25, 0.3) is 0 Å².